The molecule has 4 rings (SSSR count). The maximum absolute atomic E-state index is 10.4. The second-order valence-corrected chi connectivity index (χ2v) is 8.82. The molecule has 3 nitrogen and oxygen atoms in total. The van der Waals surface area contributed by atoms with E-state index in [0.29, 0.717) is 36.6 Å². The minimum Gasteiger partial charge on any atom is -0.506 e. The molecule has 0 fully saturated rings. The fourth-order valence-electron chi connectivity index (χ4n) is 3.48. The molecule has 2 aromatic carbocycles. The lowest BCUT2D eigenvalue weighted by molar-refractivity contribution is 0.478. The van der Waals surface area contributed by atoms with Gasteiger partial charge in [-0.05, 0) is 6.07 Å². The molecule has 132 valence electrons. The molecule has 2 aromatic rings. The van der Waals surface area contributed by atoms with Gasteiger partial charge in [0.25, 0.3) is 0 Å². The number of aromatic hydroxyl groups is 1. The lowest BCUT2D eigenvalue weighted by Gasteiger charge is -2.12. The van der Waals surface area contributed by atoms with Crippen molar-refractivity contribution in [2.75, 3.05) is 10.6 Å². The third-order valence-corrected chi connectivity index (χ3v) is 7.77. The van der Waals surface area contributed by atoms with E-state index < -0.39 is 0 Å². The molecule has 0 aromatic heterocycles. The molecule has 0 amide bonds. The van der Waals surface area contributed by atoms with Gasteiger partial charge in [-0.2, -0.15) is 0 Å². The first kappa shape index (κ1) is 19.3. The third kappa shape index (κ3) is 2.62. The third-order valence-electron chi connectivity index (χ3n) is 5.15. The first-order valence-electron chi connectivity index (χ1n) is 8.13. The van der Waals surface area contributed by atoms with E-state index in [4.69, 9.17) is 24.4 Å². The molecule has 0 saturated heterocycles. The van der Waals surface area contributed by atoms with Gasteiger partial charge in [0.1, 0.15) is 29.3 Å². The van der Waals surface area contributed by atoms with Crippen molar-refractivity contribution in [3.8, 4) is 5.75 Å². The zero-order valence-corrected chi connectivity index (χ0v) is 19.0. The molecule has 2 aliphatic heterocycles. The van der Waals surface area contributed by atoms with Crippen molar-refractivity contribution in [2.45, 2.75) is 14.7 Å². The van der Waals surface area contributed by atoms with E-state index in [0.717, 1.165) is 38.1 Å². The average molecular weight is 442 g/mol. The van der Waals surface area contributed by atoms with Crippen LogP contribution in [0.2, 0.25) is 0 Å². The lowest BCUT2D eigenvalue weighted by Crippen LogP contribution is -2.30. The quantitative estimate of drug-likeness (QED) is 0.107. The molecule has 0 saturated carbocycles. The van der Waals surface area contributed by atoms with E-state index in [2.05, 4.69) is 48.5 Å². The van der Waals surface area contributed by atoms with Crippen LogP contribution in [0.4, 0.5) is 11.4 Å². The Kier molecular flexibility index (Phi) is 4.67. The van der Waals surface area contributed by atoms with Crippen molar-refractivity contribution < 1.29 is 5.11 Å². The van der Waals surface area contributed by atoms with E-state index in [1.165, 1.54) is 0 Å². The summed E-state index contributed by atoms with van der Waals surface area (Å²) in [5.74, 6) is 0.175. The summed E-state index contributed by atoms with van der Waals surface area (Å²) in [4.78, 5) is 3.40. The number of hydrogen-bond donors (Lipinski definition) is 6. The summed E-state index contributed by atoms with van der Waals surface area (Å²) in [6.07, 6.45) is 0. The minimum atomic E-state index is 0.175. The van der Waals surface area contributed by atoms with Gasteiger partial charge < -0.3 is 15.7 Å². The van der Waals surface area contributed by atoms with E-state index in [-0.39, 0.29) is 5.75 Å². The summed E-state index contributed by atoms with van der Waals surface area (Å²) < 4.78 is 0. The summed E-state index contributed by atoms with van der Waals surface area (Å²) in [7, 11) is 5.92. The molecule has 0 bridgehead atoms. The van der Waals surface area contributed by atoms with Crippen LogP contribution in [0.3, 0.4) is 0 Å². The van der Waals surface area contributed by atoms with Crippen LogP contribution < -0.4 is 27.0 Å². The summed E-state index contributed by atoms with van der Waals surface area (Å²) in [5.41, 5.74) is 7.55. The van der Waals surface area contributed by atoms with Crippen LogP contribution in [0.1, 0.15) is 11.1 Å². The van der Waals surface area contributed by atoms with Crippen LogP contribution in [0.5, 0.6) is 5.75 Å². The van der Waals surface area contributed by atoms with Crippen molar-refractivity contribution in [1.29, 1.82) is 0 Å². The predicted octanol–water partition coefficient (Wildman–Crippen LogP) is -0.768. The van der Waals surface area contributed by atoms with E-state index in [1.54, 1.807) is 6.07 Å². The highest BCUT2D eigenvalue weighted by Crippen LogP contribution is 2.42. The molecule has 2 aliphatic rings. The summed E-state index contributed by atoms with van der Waals surface area (Å²) in [5, 5.41) is 17.1. The van der Waals surface area contributed by atoms with Gasteiger partial charge in [0, 0.05) is 31.5 Å². The van der Waals surface area contributed by atoms with Crippen molar-refractivity contribution in [1.82, 2.24) is 0 Å². The smallest absolute Gasteiger partial charge is 0.143 e. The topological polar surface area (TPSA) is 44.3 Å². The average Bonchev–Trinajstić information content (AvgIpc) is 3.14. The maximum atomic E-state index is 10.4. The second-order valence-electron chi connectivity index (χ2n) is 6.67. The maximum Gasteiger partial charge on any atom is 0.143 e. The molecule has 0 atom stereocenters. The molecular weight excluding hydrogens is 429 g/mol. The fraction of sp³-hybridized carbons (Fsp3) is 0. The Morgan fingerprint density at radius 2 is 1.33 bits per heavy atom. The number of nitrogens with one attached hydrogen (secondary N) is 2. The highest BCUT2D eigenvalue weighted by molar-refractivity contribution is 7.85. The Bertz CT molecular complexity index is 1150. The normalized spacial score (nSPS) is 17.6. The number of phenolic OH excluding ortho intramolecular Hbond substituents is 1. The summed E-state index contributed by atoms with van der Waals surface area (Å²) in [6, 6.07) is 1.74. The zero-order valence-electron chi connectivity index (χ0n) is 14.7. The van der Waals surface area contributed by atoms with E-state index in [9.17, 15) is 5.11 Å². The van der Waals surface area contributed by atoms with Crippen molar-refractivity contribution in [2.24, 2.45) is 0 Å². The van der Waals surface area contributed by atoms with Crippen LogP contribution in [-0.4, -0.2) is 38.4 Å². The number of benzene rings is 2. The molecule has 0 unspecified atom stereocenters. The Morgan fingerprint density at radius 3 is 1.96 bits per heavy atom. The summed E-state index contributed by atoms with van der Waals surface area (Å²) in [6.45, 7) is 0. The number of rotatable bonds is 0. The van der Waals surface area contributed by atoms with Crippen LogP contribution in [-0.2, 0) is 0 Å². The van der Waals surface area contributed by atoms with Crippen LogP contribution in [0, 0.1) is 0 Å². The van der Waals surface area contributed by atoms with Gasteiger partial charge in [0.2, 0.25) is 0 Å². The Hall–Kier alpha value is -0.995. The first-order chi connectivity index (χ1) is 12.6. The number of hydrogen-bond acceptors (Lipinski definition) is 8. The highest BCUT2D eigenvalue weighted by Gasteiger charge is 2.35. The number of fused-ring (bicyclic) bond motifs is 2. The number of phenols is 1. The van der Waals surface area contributed by atoms with Gasteiger partial charge in [-0.15, -0.1) is 37.9 Å². The fourth-order valence-corrected chi connectivity index (χ4v) is 5.25. The molecule has 27 heavy (non-hydrogen) atoms. The van der Waals surface area contributed by atoms with Gasteiger partial charge in [-0.25, -0.2) is 0 Å². The van der Waals surface area contributed by atoms with Crippen LogP contribution >= 0.6 is 62.3 Å². The Morgan fingerprint density at radius 1 is 0.778 bits per heavy atom. The number of thiocarbonyl (C=S) groups is 2. The molecule has 0 aliphatic carbocycles. The van der Waals surface area contributed by atoms with Crippen molar-refractivity contribution in [3.05, 3.63) is 28.6 Å². The van der Waals surface area contributed by atoms with Gasteiger partial charge >= 0.3 is 0 Å². The van der Waals surface area contributed by atoms with Gasteiger partial charge in [0.05, 0.1) is 26.8 Å². The van der Waals surface area contributed by atoms with Crippen molar-refractivity contribution in [3.63, 3.8) is 0 Å². The number of thiol groups is 3. The number of anilines is 2. The Balaban J connectivity index is 1.92. The molecule has 0 radical (unpaired) electrons. The molecule has 11 heteroatoms. The van der Waals surface area contributed by atoms with E-state index in [1.807, 2.05) is 23.5 Å². The lowest BCUT2D eigenvalue weighted by atomic mass is 9.76. The monoisotopic (exact) mass is 442 g/mol. The minimum absolute atomic E-state index is 0.175. The highest BCUT2D eigenvalue weighted by atomic mass is 32.1. The van der Waals surface area contributed by atoms with Crippen LogP contribution in [0.15, 0.2) is 32.1 Å². The van der Waals surface area contributed by atoms with Crippen molar-refractivity contribution >= 4 is 123 Å². The Labute approximate surface area is 187 Å². The molecule has 0 spiro atoms. The molecule has 3 N–H and O–H groups in total. The van der Waals surface area contributed by atoms with Crippen LogP contribution in [0.25, 0.3) is 0 Å². The van der Waals surface area contributed by atoms with E-state index >= 15 is 0 Å². The molecule has 2 heterocycles. The SMILES string of the molecule is Bc1cc(O)c2c(c1B)C(=S)/C(=C1\Nc3c(B)c(S)c(S)c(S)c3C1=S)N2. The second kappa shape index (κ2) is 6.52. The largest absolute Gasteiger partial charge is 0.506 e. The first-order valence-corrected chi connectivity index (χ1v) is 10.3. The summed E-state index contributed by atoms with van der Waals surface area (Å²) >= 11 is 25.2. The number of allylic oxidation sites excluding steroid dienone is 2. The predicted molar refractivity (Wildman–Crippen MR) is 139 cm³/mol. The zero-order chi connectivity index (χ0) is 19.8. The van der Waals surface area contributed by atoms with Gasteiger partial charge in [0.15, 0.2) is 0 Å². The molecular formula is C16H13B3N2OS5. The van der Waals surface area contributed by atoms with Gasteiger partial charge in [-0.1, -0.05) is 40.8 Å². The van der Waals surface area contributed by atoms with Gasteiger partial charge in [-0.3, -0.25) is 0 Å². The standard InChI is InChI=1S/C16H13B3N2OS5/c17-2-1-3(22)8-4(6(2)18)12(23)10(20-8)11-13(24)5-9(21-11)7(19)15(26)16(27)14(5)25/h1,20-22,25-27H,17-19H2/b11-10+.